The van der Waals surface area contributed by atoms with E-state index < -0.39 is 0 Å². The van der Waals surface area contributed by atoms with Gasteiger partial charge in [-0.25, -0.2) is 9.48 Å². The number of esters is 1. The van der Waals surface area contributed by atoms with Crippen LogP contribution in [0.15, 0.2) is 29.1 Å². The Hall–Kier alpha value is -3.00. The summed E-state index contributed by atoms with van der Waals surface area (Å²) in [6, 6.07) is 7.04. The lowest BCUT2D eigenvalue weighted by Crippen LogP contribution is -2.45. The molecule has 0 atom stereocenters. The topological polar surface area (TPSA) is 84.7 Å². The van der Waals surface area contributed by atoms with E-state index in [4.69, 9.17) is 4.74 Å². The molecule has 5 rings (SSSR count). The standard InChI is InChI=1S/C24H28N4O4.C2H6/c1-16-17(3-4-18-19(16)15-32-22(18)30)7-11-27-12-8-24(9-13-27)10-14-28(23(24)31)20-5-6-21(29)26(2)25-20;1-2/h3-6H,7-15H2,1-2H3;1-2H3. The number of nitrogens with zero attached hydrogens (tertiary/aromatic N) is 4. The number of cyclic esters (lactones) is 1. The number of likely N-dealkylation sites (tertiary alicyclic amines) is 1. The summed E-state index contributed by atoms with van der Waals surface area (Å²) in [7, 11) is 1.61. The normalized spacial score (nSPS) is 19.1. The molecule has 2 saturated heterocycles. The second-order valence-electron chi connectivity index (χ2n) is 9.18. The van der Waals surface area contributed by atoms with Crippen molar-refractivity contribution in [1.82, 2.24) is 14.7 Å². The average molecular weight is 467 g/mol. The first-order chi connectivity index (χ1) is 16.4. The number of amides is 1. The molecule has 0 unspecified atom stereocenters. The Morgan fingerprint density at radius 3 is 2.41 bits per heavy atom. The maximum atomic E-state index is 13.3. The van der Waals surface area contributed by atoms with Gasteiger partial charge in [-0.15, -0.1) is 0 Å². The van der Waals surface area contributed by atoms with Crippen LogP contribution in [-0.4, -0.2) is 52.7 Å². The first-order valence-corrected chi connectivity index (χ1v) is 12.3. The molecule has 3 aliphatic rings. The molecule has 2 aromatic rings. The summed E-state index contributed by atoms with van der Waals surface area (Å²) in [5.74, 6) is 0.479. The molecule has 1 amide bonds. The van der Waals surface area contributed by atoms with Gasteiger partial charge < -0.3 is 9.64 Å². The number of fused-ring (bicyclic) bond motifs is 1. The Bertz CT molecular complexity index is 1150. The van der Waals surface area contributed by atoms with Crippen LogP contribution in [-0.2, 0) is 29.6 Å². The van der Waals surface area contributed by atoms with Crippen LogP contribution in [0.25, 0.3) is 0 Å². The number of aromatic nitrogens is 2. The molecule has 0 saturated carbocycles. The van der Waals surface area contributed by atoms with Gasteiger partial charge in [0.05, 0.1) is 11.0 Å². The molecule has 0 N–H and O–H groups in total. The summed E-state index contributed by atoms with van der Waals surface area (Å²) >= 11 is 0. The second-order valence-corrected chi connectivity index (χ2v) is 9.18. The van der Waals surface area contributed by atoms with E-state index in [1.165, 1.54) is 16.3 Å². The van der Waals surface area contributed by atoms with Gasteiger partial charge in [0.2, 0.25) is 5.91 Å². The minimum absolute atomic E-state index is 0.141. The molecule has 1 aromatic carbocycles. The number of piperidine rings is 1. The largest absolute Gasteiger partial charge is 0.457 e. The molecule has 8 nitrogen and oxygen atoms in total. The summed E-state index contributed by atoms with van der Waals surface area (Å²) in [4.78, 5) is 40.8. The predicted molar refractivity (Wildman–Crippen MR) is 130 cm³/mol. The molecule has 3 aliphatic heterocycles. The van der Waals surface area contributed by atoms with E-state index >= 15 is 0 Å². The minimum atomic E-state index is -0.311. The first-order valence-electron chi connectivity index (χ1n) is 12.3. The van der Waals surface area contributed by atoms with Gasteiger partial charge in [0.25, 0.3) is 5.56 Å². The van der Waals surface area contributed by atoms with E-state index in [1.54, 1.807) is 18.0 Å². The Morgan fingerprint density at radius 2 is 1.71 bits per heavy atom. The fraction of sp³-hybridized carbons (Fsp3) is 0.538. The number of benzene rings is 1. The van der Waals surface area contributed by atoms with Gasteiger partial charge in [0.15, 0.2) is 5.82 Å². The number of hydrogen-bond donors (Lipinski definition) is 0. The van der Waals surface area contributed by atoms with Crippen LogP contribution in [0.1, 0.15) is 60.2 Å². The van der Waals surface area contributed by atoms with Crippen molar-refractivity contribution in [3.63, 3.8) is 0 Å². The second kappa shape index (κ2) is 9.70. The molecule has 2 fully saturated rings. The lowest BCUT2D eigenvalue weighted by atomic mass is 9.77. The smallest absolute Gasteiger partial charge is 0.338 e. The van der Waals surface area contributed by atoms with Crippen molar-refractivity contribution >= 4 is 17.7 Å². The number of carbonyl (C=O) groups excluding carboxylic acids is 2. The molecular formula is C26H34N4O4. The van der Waals surface area contributed by atoms with E-state index in [0.29, 0.717) is 24.5 Å². The van der Waals surface area contributed by atoms with Gasteiger partial charge in [-0.3, -0.25) is 14.5 Å². The van der Waals surface area contributed by atoms with Crippen LogP contribution in [0.4, 0.5) is 5.82 Å². The molecule has 8 heteroatoms. The average Bonchev–Trinajstić information content (AvgIpc) is 3.38. The summed E-state index contributed by atoms with van der Waals surface area (Å²) < 4.78 is 6.44. The highest BCUT2D eigenvalue weighted by molar-refractivity contribution is 5.99. The van der Waals surface area contributed by atoms with Crippen molar-refractivity contribution in [3.05, 3.63) is 56.9 Å². The molecular weight excluding hydrogens is 432 g/mol. The Balaban J connectivity index is 0.00000133. The fourth-order valence-corrected chi connectivity index (χ4v) is 5.29. The van der Waals surface area contributed by atoms with Crippen molar-refractivity contribution < 1.29 is 14.3 Å². The fourth-order valence-electron chi connectivity index (χ4n) is 5.29. The van der Waals surface area contributed by atoms with E-state index in [0.717, 1.165) is 56.4 Å². The van der Waals surface area contributed by atoms with Crippen LogP contribution in [0.5, 0.6) is 0 Å². The Kier molecular flexibility index (Phi) is 6.89. The van der Waals surface area contributed by atoms with Crippen LogP contribution in [0.3, 0.4) is 0 Å². The van der Waals surface area contributed by atoms with E-state index in [9.17, 15) is 14.4 Å². The predicted octanol–water partition coefficient (Wildman–Crippen LogP) is 2.85. The van der Waals surface area contributed by atoms with Gasteiger partial charge in [-0.2, -0.15) is 5.10 Å². The van der Waals surface area contributed by atoms with Crippen LogP contribution in [0.2, 0.25) is 0 Å². The van der Waals surface area contributed by atoms with Crippen molar-refractivity contribution in [2.75, 3.05) is 31.1 Å². The summed E-state index contributed by atoms with van der Waals surface area (Å²) in [6.45, 7) is 9.82. The van der Waals surface area contributed by atoms with Crippen molar-refractivity contribution in [3.8, 4) is 0 Å². The number of rotatable bonds is 4. The highest BCUT2D eigenvalue weighted by Crippen LogP contribution is 2.42. The molecule has 0 radical (unpaired) electrons. The van der Waals surface area contributed by atoms with E-state index in [-0.39, 0.29) is 22.9 Å². The number of hydrogen-bond acceptors (Lipinski definition) is 6. The van der Waals surface area contributed by atoms with Crippen molar-refractivity contribution in [2.45, 2.75) is 53.1 Å². The highest BCUT2D eigenvalue weighted by Gasteiger charge is 2.48. The van der Waals surface area contributed by atoms with Gasteiger partial charge in [-0.05, 0) is 69.0 Å². The third kappa shape index (κ3) is 4.27. The lowest BCUT2D eigenvalue weighted by Gasteiger charge is -2.38. The zero-order valence-electron chi connectivity index (χ0n) is 20.6. The summed E-state index contributed by atoms with van der Waals surface area (Å²) in [5.41, 5.74) is 3.64. The minimum Gasteiger partial charge on any atom is -0.457 e. The van der Waals surface area contributed by atoms with Crippen LogP contribution < -0.4 is 10.5 Å². The van der Waals surface area contributed by atoms with E-state index in [1.807, 2.05) is 26.0 Å². The Morgan fingerprint density at radius 1 is 1.00 bits per heavy atom. The van der Waals surface area contributed by atoms with E-state index in [2.05, 4.69) is 16.9 Å². The molecule has 4 heterocycles. The molecule has 34 heavy (non-hydrogen) atoms. The zero-order valence-corrected chi connectivity index (χ0v) is 20.6. The lowest BCUT2D eigenvalue weighted by molar-refractivity contribution is -0.128. The number of carbonyl (C=O) groups is 2. The van der Waals surface area contributed by atoms with Crippen molar-refractivity contribution in [2.24, 2.45) is 12.5 Å². The number of aryl methyl sites for hydroxylation is 1. The molecule has 0 aliphatic carbocycles. The van der Waals surface area contributed by atoms with Gasteiger partial charge >= 0.3 is 5.97 Å². The molecule has 1 spiro atoms. The number of anilines is 1. The summed E-state index contributed by atoms with van der Waals surface area (Å²) in [6.07, 6.45) is 3.45. The molecule has 1 aromatic heterocycles. The third-order valence-electron chi connectivity index (χ3n) is 7.52. The van der Waals surface area contributed by atoms with Crippen molar-refractivity contribution in [1.29, 1.82) is 0 Å². The van der Waals surface area contributed by atoms with Crippen LogP contribution in [0, 0.1) is 12.3 Å². The maximum absolute atomic E-state index is 13.3. The highest BCUT2D eigenvalue weighted by atomic mass is 16.5. The van der Waals surface area contributed by atoms with Gasteiger partial charge in [-0.1, -0.05) is 19.9 Å². The first kappa shape index (κ1) is 24.1. The van der Waals surface area contributed by atoms with Crippen LogP contribution >= 0.6 is 0 Å². The van der Waals surface area contributed by atoms with Gasteiger partial charge in [0, 0.05) is 31.8 Å². The zero-order chi connectivity index (χ0) is 24.5. The monoisotopic (exact) mass is 466 g/mol. The maximum Gasteiger partial charge on any atom is 0.338 e. The number of ether oxygens (including phenoxy) is 1. The van der Waals surface area contributed by atoms with Gasteiger partial charge in [0.1, 0.15) is 6.61 Å². The SMILES string of the molecule is CC.Cc1c(CCN2CCC3(CC2)CCN(c2ccc(=O)n(C)n2)C3=O)ccc2c1COC2=O. The Labute approximate surface area is 200 Å². The quantitative estimate of drug-likeness (QED) is 0.645. The molecule has 0 bridgehead atoms. The summed E-state index contributed by atoms with van der Waals surface area (Å²) in [5, 5.41) is 4.27. The third-order valence-corrected chi connectivity index (χ3v) is 7.52. The molecule has 182 valence electrons.